The average Bonchev–Trinajstić information content (AvgIpc) is 2.19. The molecule has 0 heterocycles. The molecule has 1 aromatic rings. The van der Waals surface area contributed by atoms with Crippen molar-refractivity contribution in [3.8, 4) is 0 Å². The van der Waals surface area contributed by atoms with Crippen LogP contribution in [0.25, 0.3) is 0 Å². The first-order valence-electron chi connectivity index (χ1n) is 4.99. The lowest BCUT2D eigenvalue weighted by atomic mass is 9.81. The zero-order valence-corrected chi connectivity index (χ0v) is 8.11. The van der Waals surface area contributed by atoms with E-state index in [2.05, 4.69) is 0 Å². The van der Waals surface area contributed by atoms with Gasteiger partial charge in [0, 0.05) is 0 Å². The molecule has 2 rings (SSSR count). The highest BCUT2D eigenvalue weighted by atomic mass is 16.5. The summed E-state index contributed by atoms with van der Waals surface area (Å²) in [4.78, 5) is 10.8. The fraction of sp³-hybridized carbons (Fsp3) is 0.417. The first-order valence-corrected chi connectivity index (χ1v) is 4.99. The monoisotopic (exact) mass is 190 g/mol. The quantitative estimate of drug-likeness (QED) is 0.681. The lowest BCUT2D eigenvalue weighted by molar-refractivity contribution is -0.146. The van der Waals surface area contributed by atoms with E-state index in [0.717, 1.165) is 31.1 Å². The molecule has 14 heavy (non-hydrogen) atoms. The zero-order valence-electron chi connectivity index (χ0n) is 8.11. The normalized spacial score (nSPS) is 18.6. The highest BCUT2D eigenvalue weighted by Crippen LogP contribution is 2.34. The number of ether oxygens (including phenoxy) is 1. The summed E-state index contributed by atoms with van der Waals surface area (Å²) >= 11 is 0. The van der Waals surface area contributed by atoms with Gasteiger partial charge in [-0.1, -0.05) is 30.3 Å². The second kappa shape index (κ2) is 3.93. The number of hydrogen-bond acceptors (Lipinski definition) is 2. The second-order valence-corrected chi connectivity index (χ2v) is 3.81. The Morgan fingerprint density at radius 3 is 2.50 bits per heavy atom. The Balaban J connectivity index is 1.91. The first-order chi connectivity index (χ1) is 6.85. The van der Waals surface area contributed by atoms with Crippen LogP contribution in [0, 0.1) is 0 Å². The molecule has 0 unspecified atom stereocenters. The number of benzene rings is 1. The predicted molar refractivity (Wildman–Crippen MR) is 53.9 cm³/mol. The van der Waals surface area contributed by atoms with Crippen LogP contribution >= 0.6 is 0 Å². The van der Waals surface area contributed by atoms with Crippen molar-refractivity contribution >= 4 is 6.29 Å². The van der Waals surface area contributed by atoms with Crippen molar-refractivity contribution in [2.24, 2.45) is 0 Å². The molecule has 1 aromatic carbocycles. The molecule has 0 spiro atoms. The third-order valence-corrected chi connectivity index (χ3v) is 2.78. The van der Waals surface area contributed by atoms with Gasteiger partial charge < -0.3 is 9.53 Å². The SMILES string of the molecule is O=CC1(OCc2ccccc2)CCC1. The third-order valence-electron chi connectivity index (χ3n) is 2.78. The van der Waals surface area contributed by atoms with Gasteiger partial charge >= 0.3 is 0 Å². The molecule has 0 bridgehead atoms. The molecule has 0 aromatic heterocycles. The molecule has 1 aliphatic carbocycles. The molecular formula is C12H14O2. The van der Waals surface area contributed by atoms with Crippen LogP contribution in [0.2, 0.25) is 0 Å². The Kier molecular flexibility index (Phi) is 2.64. The Labute approximate surface area is 83.9 Å². The van der Waals surface area contributed by atoms with Crippen LogP contribution in [0.5, 0.6) is 0 Å². The topological polar surface area (TPSA) is 26.3 Å². The fourth-order valence-electron chi connectivity index (χ4n) is 1.62. The summed E-state index contributed by atoms with van der Waals surface area (Å²) in [6, 6.07) is 9.96. The van der Waals surface area contributed by atoms with Gasteiger partial charge in [0.1, 0.15) is 5.60 Å². The number of aldehydes is 1. The van der Waals surface area contributed by atoms with E-state index in [1.807, 2.05) is 30.3 Å². The van der Waals surface area contributed by atoms with E-state index in [9.17, 15) is 4.79 Å². The molecule has 1 aliphatic rings. The van der Waals surface area contributed by atoms with Crippen molar-refractivity contribution < 1.29 is 9.53 Å². The van der Waals surface area contributed by atoms with Crippen molar-refractivity contribution in [2.45, 2.75) is 31.5 Å². The van der Waals surface area contributed by atoms with Crippen molar-refractivity contribution in [3.05, 3.63) is 35.9 Å². The Hall–Kier alpha value is -1.15. The van der Waals surface area contributed by atoms with E-state index in [-0.39, 0.29) is 0 Å². The predicted octanol–water partition coefficient (Wildman–Crippen LogP) is 2.32. The molecule has 0 atom stereocenters. The molecule has 0 amide bonds. The lowest BCUT2D eigenvalue weighted by Crippen LogP contribution is -2.41. The fourth-order valence-corrected chi connectivity index (χ4v) is 1.62. The lowest BCUT2D eigenvalue weighted by Gasteiger charge is -2.36. The van der Waals surface area contributed by atoms with Crippen molar-refractivity contribution in [3.63, 3.8) is 0 Å². The van der Waals surface area contributed by atoms with Crippen LogP contribution in [-0.2, 0) is 16.1 Å². The second-order valence-electron chi connectivity index (χ2n) is 3.81. The van der Waals surface area contributed by atoms with Gasteiger partial charge in [0.05, 0.1) is 6.61 Å². The number of hydrogen-bond donors (Lipinski definition) is 0. The summed E-state index contributed by atoms with van der Waals surface area (Å²) in [6.07, 6.45) is 3.82. The summed E-state index contributed by atoms with van der Waals surface area (Å²) in [7, 11) is 0. The van der Waals surface area contributed by atoms with Crippen LogP contribution in [0.1, 0.15) is 24.8 Å². The summed E-state index contributed by atoms with van der Waals surface area (Å²) in [6.45, 7) is 0.541. The average molecular weight is 190 g/mol. The van der Waals surface area contributed by atoms with Crippen LogP contribution < -0.4 is 0 Å². The van der Waals surface area contributed by atoms with Crippen LogP contribution in [0.15, 0.2) is 30.3 Å². The molecule has 0 radical (unpaired) electrons. The van der Waals surface area contributed by atoms with E-state index in [1.54, 1.807) is 0 Å². The van der Waals surface area contributed by atoms with Crippen LogP contribution in [-0.4, -0.2) is 11.9 Å². The summed E-state index contributed by atoms with van der Waals surface area (Å²) in [5, 5.41) is 0. The maximum atomic E-state index is 10.8. The van der Waals surface area contributed by atoms with Gasteiger partial charge in [-0.05, 0) is 24.8 Å². The Bertz CT molecular complexity index is 301. The molecular weight excluding hydrogens is 176 g/mol. The molecule has 0 saturated heterocycles. The third kappa shape index (κ3) is 1.85. The largest absolute Gasteiger partial charge is 0.363 e. The van der Waals surface area contributed by atoms with Gasteiger partial charge in [0.15, 0.2) is 6.29 Å². The molecule has 74 valence electrons. The maximum Gasteiger partial charge on any atom is 0.151 e. The van der Waals surface area contributed by atoms with Crippen molar-refractivity contribution in [1.29, 1.82) is 0 Å². The Morgan fingerprint density at radius 1 is 1.29 bits per heavy atom. The van der Waals surface area contributed by atoms with Gasteiger partial charge in [-0.15, -0.1) is 0 Å². The molecule has 1 saturated carbocycles. The smallest absolute Gasteiger partial charge is 0.151 e. The van der Waals surface area contributed by atoms with E-state index >= 15 is 0 Å². The minimum atomic E-state index is -0.462. The molecule has 0 aliphatic heterocycles. The van der Waals surface area contributed by atoms with Crippen molar-refractivity contribution in [2.75, 3.05) is 0 Å². The molecule has 2 heteroatoms. The van der Waals surface area contributed by atoms with E-state index < -0.39 is 5.60 Å². The highest BCUT2D eigenvalue weighted by Gasteiger charge is 2.37. The molecule has 0 N–H and O–H groups in total. The standard InChI is InChI=1S/C12H14O2/c13-10-12(7-4-8-12)14-9-11-5-2-1-3-6-11/h1-3,5-6,10H,4,7-9H2. The molecule has 2 nitrogen and oxygen atoms in total. The highest BCUT2D eigenvalue weighted by molar-refractivity contribution is 5.64. The number of rotatable bonds is 4. The minimum absolute atomic E-state index is 0.462. The van der Waals surface area contributed by atoms with Crippen LogP contribution in [0.4, 0.5) is 0 Å². The van der Waals surface area contributed by atoms with Gasteiger partial charge in [0.25, 0.3) is 0 Å². The van der Waals surface area contributed by atoms with E-state index in [1.165, 1.54) is 0 Å². The van der Waals surface area contributed by atoms with Gasteiger partial charge in [-0.25, -0.2) is 0 Å². The van der Waals surface area contributed by atoms with Crippen LogP contribution in [0.3, 0.4) is 0 Å². The number of carbonyl (C=O) groups is 1. The Morgan fingerprint density at radius 2 is 2.00 bits per heavy atom. The first kappa shape index (κ1) is 9.41. The summed E-state index contributed by atoms with van der Waals surface area (Å²) in [5.74, 6) is 0. The van der Waals surface area contributed by atoms with E-state index in [4.69, 9.17) is 4.74 Å². The number of carbonyl (C=O) groups excluding carboxylic acids is 1. The van der Waals surface area contributed by atoms with Gasteiger partial charge in [-0.3, -0.25) is 0 Å². The summed E-state index contributed by atoms with van der Waals surface area (Å²) in [5.41, 5.74) is 0.663. The van der Waals surface area contributed by atoms with Gasteiger partial charge in [0.2, 0.25) is 0 Å². The minimum Gasteiger partial charge on any atom is -0.363 e. The van der Waals surface area contributed by atoms with Crippen molar-refractivity contribution in [1.82, 2.24) is 0 Å². The summed E-state index contributed by atoms with van der Waals surface area (Å²) < 4.78 is 5.63. The van der Waals surface area contributed by atoms with E-state index in [0.29, 0.717) is 6.61 Å². The molecule has 1 fully saturated rings. The maximum absolute atomic E-state index is 10.8. The van der Waals surface area contributed by atoms with Gasteiger partial charge in [-0.2, -0.15) is 0 Å². The zero-order chi connectivity index (χ0) is 9.86.